The molecular formula is C22H26Cl2N2O5S. The molecule has 7 nitrogen and oxygen atoms in total. The quantitative estimate of drug-likeness (QED) is 0.536. The average molecular weight is 501 g/mol. The number of carboxylic acid groups (broad SMARTS) is 1. The number of hydrogen-bond acceptors (Lipinski definition) is 5. The molecule has 0 bridgehead atoms. The molecule has 0 radical (unpaired) electrons. The minimum Gasteiger partial charge on any atom is -0.489 e. The number of carboxylic acids is 1. The Labute approximate surface area is 198 Å². The van der Waals surface area contributed by atoms with Gasteiger partial charge in [-0.2, -0.15) is 0 Å². The van der Waals surface area contributed by atoms with Gasteiger partial charge in [0.1, 0.15) is 18.4 Å². The van der Waals surface area contributed by atoms with Crippen molar-refractivity contribution in [3.63, 3.8) is 0 Å². The van der Waals surface area contributed by atoms with Crippen LogP contribution in [0, 0.1) is 0 Å². The van der Waals surface area contributed by atoms with E-state index >= 15 is 0 Å². The molecule has 1 saturated heterocycles. The van der Waals surface area contributed by atoms with Crippen LogP contribution < -0.4 is 9.46 Å². The Balaban J connectivity index is 1.65. The largest absolute Gasteiger partial charge is 0.489 e. The van der Waals surface area contributed by atoms with Crippen LogP contribution in [-0.2, 0) is 21.4 Å². The first-order valence-electron chi connectivity index (χ1n) is 10.3. The maximum Gasteiger partial charge on any atom is 0.322 e. The third kappa shape index (κ3) is 6.59. The smallest absolute Gasteiger partial charge is 0.322 e. The average Bonchev–Trinajstić information content (AvgIpc) is 2.72. The zero-order valence-corrected chi connectivity index (χ0v) is 20.0. The fourth-order valence-electron chi connectivity index (χ4n) is 3.84. The van der Waals surface area contributed by atoms with Crippen LogP contribution in [0.5, 0.6) is 5.75 Å². The fourth-order valence-corrected chi connectivity index (χ4v) is 5.66. The number of benzene rings is 2. The summed E-state index contributed by atoms with van der Waals surface area (Å²) in [6.45, 7) is 3.09. The summed E-state index contributed by atoms with van der Waals surface area (Å²) >= 11 is 12.0. The van der Waals surface area contributed by atoms with Crippen molar-refractivity contribution < 1.29 is 23.1 Å². The molecule has 2 aromatic rings. The molecule has 3 rings (SSSR count). The highest BCUT2D eigenvalue weighted by Gasteiger charge is 2.34. The summed E-state index contributed by atoms with van der Waals surface area (Å²) < 4.78 is 33.9. The number of rotatable bonds is 9. The highest BCUT2D eigenvalue weighted by Crippen LogP contribution is 2.22. The molecule has 32 heavy (non-hydrogen) atoms. The standard InChI is InChI=1S/C22H26Cl2N2O5S/c1-15(21(22(27)28)26-9-3-2-4-10-26)25-32(29,30)20-7-5-19(6-8-20)31-14-16-11-17(23)13-18(24)12-16/h5-8,11-13,15,21,25H,2-4,9-10,14H2,1H3,(H,27,28). The third-order valence-corrected chi connectivity index (χ3v) is 7.32. The Morgan fingerprint density at radius 3 is 2.25 bits per heavy atom. The predicted molar refractivity (Wildman–Crippen MR) is 124 cm³/mol. The lowest BCUT2D eigenvalue weighted by molar-refractivity contribution is -0.144. The summed E-state index contributed by atoms with van der Waals surface area (Å²) in [5.41, 5.74) is 0.784. The van der Waals surface area contributed by atoms with E-state index in [4.69, 9.17) is 27.9 Å². The van der Waals surface area contributed by atoms with E-state index in [0.29, 0.717) is 28.9 Å². The van der Waals surface area contributed by atoms with Crippen LogP contribution in [-0.4, -0.2) is 49.6 Å². The highest BCUT2D eigenvalue weighted by atomic mass is 35.5. The second-order valence-corrected chi connectivity index (χ2v) is 10.4. The number of nitrogens with zero attached hydrogens (tertiary/aromatic N) is 1. The van der Waals surface area contributed by atoms with Crippen molar-refractivity contribution >= 4 is 39.2 Å². The molecule has 0 spiro atoms. The lowest BCUT2D eigenvalue weighted by Gasteiger charge is -2.35. The number of ether oxygens (including phenoxy) is 1. The van der Waals surface area contributed by atoms with Crippen molar-refractivity contribution in [2.75, 3.05) is 13.1 Å². The highest BCUT2D eigenvalue weighted by molar-refractivity contribution is 7.89. The number of halogens is 2. The van der Waals surface area contributed by atoms with E-state index in [0.717, 1.165) is 24.8 Å². The van der Waals surface area contributed by atoms with Gasteiger partial charge in [0, 0.05) is 16.1 Å². The lowest BCUT2D eigenvalue weighted by Crippen LogP contribution is -2.55. The van der Waals surface area contributed by atoms with E-state index in [9.17, 15) is 18.3 Å². The second kappa shape index (κ2) is 10.9. The summed E-state index contributed by atoms with van der Waals surface area (Å²) in [5, 5.41) is 10.7. The SMILES string of the molecule is CC(NS(=O)(=O)c1ccc(OCc2cc(Cl)cc(Cl)c2)cc1)C(C(=O)O)N1CCCCC1. The Hall–Kier alpha value is -1.84. The van der Waals surface area contributed by atoms with E-state index < -0.39 is 28.1 Å². The molecule has 2 unspecified atom stereocenters. The third-order valence-electron chi connectivity index (χ3n) is 5.31. The fraction of sp³-hybridized carbons (Fsp3) is 0.409. The first-order valence-corrected chi connectivity index (χ1v) is 12.6. The van der Waals surface area contributed by atoms with Gasteiger partial charge in [0.25, 0.3) is 0 Å². The molecule has 0 aromatic heterocycles. The monoisotopic (exact) mass is 500 g/mol. The number of carbonyl (C=O) groups is 1. The predicted octanol–water partition coefficient (Wildman–Crippen LogP) is 4.18. The van der Waals surface area contributed by atoms with Crippen LogP contribution in [0.25, 0.3) is 0 Å². The van der Waals surface area contributed by atoms with Gasteiger partial charge in [-0.15, -0.1) is 0 Å². The van der Waals surface area contributed by atoms with Gasteiger partial charge < -0.3 is 9.84 Å². The zero-order chi connectivity index (χ0) is 23.3. The van der Waals surface area contributed by atoms with Crippen LogP contribution in [0.1, 0.15) is 31.7 Å². The van der Waals surface area contributed by atoms with Gasteiger partial charge in [-0.1, -0.05) is 29.6 Å². The molecule has 2 aromatic carbocycles. The van der Waals surface area contributed by atoms with E-state index in [1.807, 2.05) is 4.90 Å². The molecule has 0 aliphatic carbocycles. The maximum atomic E-state index is 12.8. The molecule has 0 saturated carbocycles. The molecule has 1 aliphatic heterocycles. The molecule has 0 amide bonds. The van der Waals surface area contributed by atoms with E-state index in [-0.39, 0.29) is 11.5 Å². The molecule has 1 heterocycles. The molecule has 10 heteroatoms. The van der Waals surface area contributed by atoms with Crippen molar-refractivity contribution in [1.82, 2.24) is 9.62 Å². The number of aliphatic carboxylic acids is 1. The van der Waals surface area contributed by atoms with Crippen molar-refractivity contribution in [2.24, 2.45) is 0 Å². The number of sulfonamides is 1. The van der Waals surface area contributed by atoms with Gasteiger partial charge in [0.05, 0.1) is 4.90 Å². The summed E-state index contributed by atoms with van der Waals surface area (Å²) in [5.74, 6) is -0.559. The van der Waals surface area contributed by atoms with Crippen molar-refractivity contribution in [1.29, 1.82) is 0 Å². The van der Waals surface area contributed by atoms with Gasteiger partial charge in [0.15, 0.2) is 0 Å². The van der Waals surface area contributed by atoms with Crippen molar-refractivity contribution in [2.45, 2.75) is 49.8 Å². The molecule has 174 valence electrons. The Bertz CT molecular complexity index is 1020. The molecule has 2 atom stereocenters. The summed E-state index contributed by atoms with van der Waals surface area (Å²) in [4.78, 5) is 13.7. The van der Waals surface area contributed by atoms with Crippen LogP contribution in [0.15, 0.2) is 47.4 Å². The first-order chi connectivity index (χ1) is 15.2. The molecular weight excluding hydrogens is 475 g/mol. The van der Waals surface area contributed by atoms with E-state index in [1.165, 1.54) is 12.1 Å². The lowest BCUT2D eigenvalue weighted by atomic mass is 10.0. The number of piperidine rings is 1. The van der Waals surface area contributed by atoms with Gasteiger partial charge >= 0.3 is 5.97 Å². The summed E-state index contributed by atoms with van der Waals surface area (Å²) in [7, 11) is -3.90. The summed E-state index contributed by atoms with van der Waals surface area (Å²) in [6.07, 6.45) is 2.87. The Kier molecular flexibility index (Phi) is 8.41. The second-order valence-electron chi connectivity index (χ2n) is 7.83. The van der Waals surface area contributed by atoms with Crippen LogP contribution in [0.3, 0.4) is 0 Å². The minimum atomic E-state index is -3.90. The maximum absolute atomic E-state index is 12.8. The van der Waals surface area contributed by atoms with Gasteiger partial charge in [-0.25, -0.2) is 13.1 Å². The van der Waals surface area contributed by atoms with E-state index in [1.54, 1.807) is 37.3 Å². The summed E-state index contributed by atoms with van der Waals surface area (Å²) in [6, 6.07) is 9.32. The van der Waals surface area contributed by atoms with Gasteiger partial charge in [-0.3, -0.25) is 9.69 Å². The normalized spacial score (nSPS) is 17.0. The zero-order valence-electron chi connectivity index (χ0n) is 17.6. The van der Waals surface area contributed by atoms with Crippen LogP contribution in [0.4, 0.5) is 0 Å². The number of hydrogen-bond donors (Lipinski definition) is 2. The van der Waals surface area contributed by atoms with Crippen LogP contribution in [0.2, 0.25) is 10.0 Å². The number of nitrogens with one attached hydrogen (secondary N) is 1. The van der Waals surface area contributed by atoms with Gasteiger partial charge in [0.2, 0.25) is 10.0 Å². The molecule has 2 N–H and O–H groups in total. The van der Waals surface area contributed by atoms with Crippen molar-refractivity contribution in [3.05, 3.63) is 58.1 Å². The van der Waals surface area contributed by atoms with Crippen molar-refractivity contribution in [3.8, 4) is 5.75 Å². The minimum absolute atomic E-state index is 0.0327. The van der Waals surface area contributed by atoms with E-state index in [2.05, 4.69) is 4.72 Å². The Morgan fingerprint density at radius 1 is 1.09 bits per heavy atom. The topological polar surface area (TPSA) is 95.9 Å². The molecule has 1 aliphatic rings. The van der Waals surface area contributed by atoms with Crippen LogP contribution >= 0.6 is 23.2 Å². The first kappa shape index (κ1) is 24.8. The molecule has 1 fully saturated rings. The van der Waals surface area contributed by atoms with Gasteiger partial charge in [-0.05, 0) is 80.9 Å². The Morgan fingerprint density at radius 2 is 1.69 bits per heavy atom. The number of likely N-dealkylation sites (tertiary alicyclic amines) is 1.